The first-order valence-corrected chi connectivity index (χ1v) is 13.7. The maximum absolute atomic E-state index is 15.6. The lowest BCUT2D eigenvalue weighted by atomic mass is 9.75. The summed E-state index contributed by atoms with van der Waals surface area (Å²) in [6.45, 7) is 4.50. The van der Waals surface area contributed by atoms with Crippen LogP contribution in [0.5, 0.6) is 11.5 Å². The molecule has 0 N–H and O–H groups in total. The van der Waals surface area contributed by atoms with Crippen LogP contribution in [-0.4, -0.2) is 20.2 Å². The van der Waals surface area contributed by atoms with Crippen LogP contribution in [0.2, 0.25) is 0 Å². The van der Waals surface area contributed by atoms with E-state index in [1.165, 1.54) is 31.9 Å². The Labute approximate surface area is 229 Å². The van der Waals surface area contributed by atoms with Crippen LogP contribution in [0.15, 0.2) is 48.5 Å². The van der Waals surface area contributed by atoms with E-state index in [2.05, 4.69) is 13.8 Å². The van der Waals surface area contributed by atoms with Crippen molar-refractivity contribution in [3.63, 3.8) is 0 Å². The van der Waals surface area contributed by atoms with E-state index in [0.717, 1.165) is 43.2 Å². The topological polar surface area (TPSA) is 44.8 Å². The number of ether oxygens (including phenoxy) is 3. The standard InChI is InChI=1S/C33H36F2O4/c1-33(2)13-5-6-29(33)27-14-22(31(35)18-26(27)28-16-23(37-3)11-12-30(28)34)19-39-24-10-9-20-7-8-21(25(20)17-24)15-32(36)38-4/h9-12,14,16-18,21,29H,5-8,13,15,19H2,1-4H3. The number of benzene rings is 3. The molecule has 2 atom stereocenters. The predicted molar refractivity (Wildman–Crippen MR) is 147 cm³/mol. The molecule has 0 saturated heterocycles. The van der Waals surface area contributed by atoms with E-state index >= 15 is 8.78 Å². The second-order valence-corrected chi connectivity index (χ2v) is 11.5. The van der Waals surface area contributed by atoms with Crippen LogP contribution in [0.3, 0.4) is 0 Å². The number of methoxy groups -OCH3 is 2. The van der Waals surface area contributed by atoms with Crippen LogP contribution in [-0.2, 0) is 22.6 Å². The lowest BCUT2D eigenvalue weighted by Gasteiger charge is -2.30. The number of carbonyl (C=O) groups is 1. The van der Waals surface area contributed by atoms with Crippen molar-refractivity contribution in [2.24, 2.45) is 5.41 Å². The molecule has 0 aliphatic heterocycles. The zero-order valence-corrected chi connectivity index (χ0v) is 23.1. The van der Waals surface area contributed by atoms with Crippen LogP contribution in [0.4, 0.5) is 8.78 Å². The largest absolute Gasteiger partial charge is 0.497 e. The van der Waals surface area contributed by atoms with Crippen molar-refractivity contribution in [3.05, 3.63) is 82.4 Å². The molecule has 3 aromatic rings. The van der Waals surface area contributed by atoms with Crippen LogP contribution < -0.4 is 9.47 Å². The van der Waals surface area contributed by atoms with E-state index in [1.807, 2.05) is 24.3 Å². The lowest BCUT2D eigenvalue weighted by Crippen LogP contribution is -2.17. The third kappa shape index (κ3) is 5.52. The van der Waals surface area contributed by atoms with Gasteiger partial charge in [0, 0.05) is 11.1 Å². The number of fused-ring (bicyclic) bond motifs is 1. The summed E-state index contributed by atoms with van der Waals surface area (Å²) in [5, 5.41) is 0. The van der Waals surface area contributed by atoms with Gasteiger partial charge in [-0.2, -0.15) is 0 Å². The second-order valence-electron chi connectivity index (χ2n) is 11.5. The fourth-order valence-corrected chi connectivity index (χ4v) is 6.42. The summed E-state index contributed by atoms with van der Waals surface area (Å²) in [6.07, 6.45) is 5.24. The van der Waals surface area contributed by atoms with Gasteiger partial charge in [0.1, 0.15) is 29.7 Å². The average molecular weight is 535 g/mol. The fraction of sp³-hybridized carbons (Fsp3) is 0.424. The number of esters is 1. The molecule has 0 bridgehead atoms. The number of halogens is 2. The molecule has 0 aromatic heterocycles. The van der Waals surface area contributed by atoms with E-state index in [9.17, 15) is 4.79 Å². The Morgan fingerprint density at radius 3 is 2.44 bits per heavy atom. The molecule has 1 saturated carbocycles. The first kappa shape index (κ1) is 27.2. The Balaban J connectivity index is 1.47. The number of aryl methyl sites for hydroxylation is 1. The molecule has 6 heteroatoms. The van der Waals surface area contributed by atoms with E-state index in [1.54, 1.807) is 12.1 Å². The summed E-state index contributed by atoms with van der Waals surface area (Å²) in [4.78, 5) is 11.9. The van der Waals surface area contributed by atoms with Gasteiger partial charge in [-0.15, -0.1) is 0 Å². The van der Waals surface area contributed by atoms with Gasteiger partial charge < -0.3 is 14.2 Å². The Morgan fingerprint density at radius 2 is 1.72 bits per heavy atom. The number of hydrogen-bond donors (Lipinski definition) is 0. The molecular weight excluding hydrogens is 498 g/mol. The van der Waals surface area contributed by atoms with Gasteiger partial charge in [-0.3, -0.25) is 4.79 Å². The predicted octanol–water partition coefficient (Wildman–Crippen LogP) is 8.11. The molecular formula is C33H36F2O4. The summed E-state index contributed by atoms with van der Waals surface area (Å²) in [6, 6.07) is 13.8. The lowest BCUT2D eigenvalue weighted by molar-refractivity contribution is -0.141. The SMILES string of the molecule is COC(=O)CC1CCc2ccc(OCc3cc(C4CCCC4(C)C)c(-c4cc(OC)ccc4F)cc3F)cc21. The molecule has 0 spiro atoms. The summed E-state index contributed by atoms with van der Waals surface area (Å²) >= 11 is 0. The highest BCUT2D eigenvalue weighted by molar-refractivity contribution is 5.72. The molecule has 5 rings (SSSR count). The van der Waals surface area contributed by atoms with Gasteiger partial charge in [-0.25, -0.2) is 8.78 Å². The molecule has 2 unspecified atom stereocenters. The summed E-state index contributed by atoms with van der Waals surface area (Å²) < 4.78 is 47.0. The first-order valence-electron chi connectivity index (χ1n) is 13.7. The Morgan fingerprint density at radius 1 is 0.923 bits per heavy atom. The molecule has 0 radical (unpaired) electrons. The van der Waals surface area contributed by atoms with E-state index in [0.29, 0.717) is 34.6 Å². The minimum atomic E-state index is -0.434. The van der Waals surface area contributed by atoms with Crippen molar-refractivity contribution >= 4 is 5.97 Å². The van der Waals surface area contributed by atoms with Gasteiger partial charge in [-0.1, -0.05) is 26.3 Å². The third-order valence-corrected chi connectivity index (χ3v) is 8.67. The van der Waals surface area contributed by atoms with Gasteiger partial charge in [0.05, 0.1) is 20.6 Å². The Bertz CT molecular complexity index is 1380. The Hall–Kier alpha value is -3.41. The van der Waals surface area contributed by atoms with Crippen LogP contribution in [0.25, 0.3) is 11.1 Å². The van der Waals surface area contributed by atoms with Gasteiger partial charge in [0.15, 0.2) is 0 Å². The molecule has 206 valence electrons. The number of rotatable bonds is 8. The van der Waals surface area contributed by atoms with Crippen LogP contribution >= 0.6 is 0 Å². The molecule has 2 aliphatic rings. The number of carbonyl (C=O) groups excluding carboxylic acids is 1. The molecule has 0 amide bonds. The average Bonchev–Trinajstić information content (AvgIpc) is 3.49. The van der Waals surface area contributed by atoms with Crippen molar-refractivity contribution in [3.8, 4) is 22.6 Å². The van der Waals surface area contributed by atoms with Crippen molar-refractivity contribution < 1.29 is 27.8 Å². The van der Waals surface area contributed by atoms with Crippen molar-refractivity contribution in [1.29, 1.82) is 0 Å². The molecule has 0 heterocycles. The zero-order chi connectivity index (χ0) is 27.7. The third-order valence-electron chi connectivity index (χ3n) is 8.67. The van der Waals surface area contributed by atoms with Crippen molar-refractivity contribution in [2.75, 3.05) is 14.2 Å². The molecule has 2 aliphatic carbocycles. The van der Waals surface area contributed by atoms with Gasteiger partial charge in [0.25, 0.3) is 0 Å². The molecule has 39 heavy (non-hydrogen) atoms. The first-order chi connectivity index (χ1) is 18.7. The molecule has 4 nitrogen and oxygen atoms in total. The van der Waals surface area contributed by atoms with E-state index < -0.39 is 11.6 Å². The summed E-state index contributed by atoms with van der Waals surface area (Å²) in [5.41, 5.74) is 4.59. The smallest absolute Gasteiger partial charge is 0.306 e. The van der Waals surface area contributed by atoms with Crippen LogP contribution in [0, 0.1) is 17.0 Å². The second kappa shape index (κ2) is 11.0. The highest BCUT2D eigenvalue weighted by Crippen LogP contribution is 2.51. The van der Waals surface area contributed by atoms with E-state index in [-0.39, 0.29) is 29.8 Å². The van der Waals surface area contributed by atoms with Crippen molar-refractivity contribution in [2.45, 2.75) is 70.8 Å². The zero-order valence-electron chi connectivity index (χ0n) is 23.1. The summed E-state index contributed by atoms with van der Waals surface area (Å²) in [5.74, 6) is 0.356. The van der Waals surface area contributed by atoms with Crippen molar-refractivity contribution in [1.82, 2.24) is 0 Å². The summed E-state index contributed by atoms with van der Waals surface area (Å²) in [7, 11) is 2.94. The van der Waals surface area contributed by atoms with Gasteiger partial charge >= 0.3 is 5.97 Å². The minimum Gasteiger partial charge on any atom is -0.497 e. The maximum Gasteiger partial charge on any atom is 0.306 e. The fourth-order valence-electron chi connectivity index (χ4n) is 6.42. The monoisotopic (exact) mass is 534 g/mol. The normalized spacial score (nSPS) is 19.5. The highest BCUT2D eigenvalue weighted by Gasteiger charge is 2.37. The highest BCUT2D eigenvalue weighted by atomic mass is 19.1. The molecule has 1 fully saturated rings. The van der Waals surface area contributed by atoms with Crippen LogP contribution in [0.1, 0.15) is 80.0 Å². The van der Waals surface area contributed by atoms with Gasteiger partial charge in [0.2, 0.25) is 0 Å². The Kier molecular flexibility index (Phi) is 7.66. The maximum atomic E-state index is 15.6. The minimum absolute atomic E-state index is 0.00862. The van der Waals surface area contributed by atoms with E-state index in [4.69, 9.17) is 14.2 Å². The molecule has 3 aromatic carbocycles. The van der Waals surface area contributed by atoms with Gasteiger partial charge in [-0.05, 0) is 108 Å². The quantitative estimate of drug-likeness (QED) is 0.274. The number of hydrogen-bond acceptors (Lipinski definition) is 4.